The molecule has 4 atom stereocenters. The lowest BCUT2D eigenvalue weighted by Gasteiger charge is -2.38. The lowest BCUT2D eigenvalue weighted by atomic mass is 9.76. The van der Waals surface area contributed by atoms with E-state index in [1.54, 1.807) is 0 Å². The molecule has 0 radical (unpaired) electrons. The highest BCUT2D eigenvalue weighted by Crippen LogP contribution is 2.36. The number of rotatable bonds is 5. The van der Waals surface area contributed by atoms with Crippen LogP contribution in [0.15, 0.2) is 0 Å². The molecule has 124 valence electrons. The molecule has 4 unspecified atom stereocenters. The highest BCUT2D eigenvalue weighted by Gasteiger charge is 2.35. The predicted octanol–water partition coefficient (Wildman–Crippen LogP) is 4.16. The van der Waals surface area contributed by atoms with Crippen molar-refractivity contribution in [1.82, 2.24) is 10.2 Å². The summed E-state index contributed by atoms with van der Waals surface area (Å²) >= 11 is 0. The standard InChI is InChI=1S/C19H38N2/c1-6-7-15-8-9-18(20-5)16(12-15)13-21-11-10-17(14-21)19(2,3)4/h15-18,20H,6-14H2,1-5H3. The van der Waals surface area contributed by atoms with Crippen molar-refractivity contribution in [1.29, 1.82) is 0 Å². The smallest absolute Gasteiger partial charge is 0.0105 e. The van der Waals surface area contributed by atoms with Gasteiger partial charge in [0.05, 0.1) is 0 Å². The van der Waals surface area contributed by atoms with Gasteiger partial charge in [0.25, 0.3) is 0 Å². The van der Waals surface area contributed by atoms with Crippen LogP contribution in [0.2, 0.25) is 0 Å². The van der Waals surface area contributed by atoms with E-state index in [-0.39, 0.29) is 0 Å². The van der Waals surface area contributed by atoms with E-state index in [1.807, 2.05) is 0 Å². The Morgan fingerprint density at radius 3 is 2.48 bits per heavy atom. The quantitative estimate of drug-likeness (QED) is 0.819. The molecule has 0 aromatic carbocycles. The summed E-state index contributed by atoms with van der Waals surface area (Å²) in [5.41, 5.74) is 0.481. The summed E-state index contributed by atoms with van der Waals surface area (Å²) < 4.78 is 0. The van der Waals surface area contributed by atoms with Gasteiger partial charge in [-0.25, -0.2) is 0 Å². The van der Waals surface area contributed by atoms with Crippen molar-refractivity contribution in [2.24, 2.45) is 23.2 Å². The van der Waals surface area contributed by atoms with Crippen molar-refractivity contribution in [2.45, 2.75) is 72.3 Å². The number of hydrogen-bond donors (Lipinski definition) is 1. The molecule has 2 nitrogen and oxygen atoms in total. The summed E-state index contributed by atoms with van der Waals surface area (Å²) in [7, 11) is 2.17. The summed E-state index contributed by atoms with van der Waals surface area (Å²) in [5, 5.41) is 3.61. The third kappa shape index (κ3) is 4.69. The molecule has 2 aliphatic rings. The Balaban J connectivity index is 1.87. The van der Waals surface area contributed by atoms with Crippen LogP contribution < -0.4 is 5.32 Å². The average Bonchev–Trinajstić information content (AvgIpc) is 2.88. The van der Waals surface area contributed by atoms with Gasteiger partial charge >= 0.3 is 0 Å². The number of nitrogens with zero attached hydrogens (tertiary/aromatic N) is 1. The maximum absolute atomic E-state index is 3.61. The Bertz CT molecular complexity index is 307. The fraction of sp³-hybridized carbons (Fsp3) is 1.00. The Labute approximate surface area is 133 Å². The van der Waals surface area contributed by atoms with Gasteiger partial charge in [0.2, 0.25) is 0 Å². The zero-order valence-corrected chi connectivity index (χ0v) is 15.1. The number of likely N-dealkylation sites (tertiary alicyclic amines) is 1. The fourth-order valence-corrected chi connectivity index (χ4v) is 4.65. The third-order valence-electron chi connectivity index (χ3n) is 6.15. The predicted molar refractivity (Wildman–Crippen MR) is 92.6 cm³/mol. The molecule has 2 fully saturated rings. The van der Waals surface area contributed by atoms with Crippen LogP contribution in [-0.4, -0.2) is 37.6 Å². The monoisotopic (exact) mass is 294 g/mol. The summed E-state index contributed by atoms with van der Waals surface area (Å²) in [6.45, 7) is 13.6. The van der Waals surface area contributed by atoms with Crippen LogP contribution in [0.4, 0.5) is 0 Å². The van der Waals surface area contributed by atoms with Crippen molar-refractivity contribution < 1.29 is 0 Å². The third-order valence-corrected chi connectivity index (χ3v) is 6.15. The largest absolute Gasteiger partial charge is 0.317 e. The van der Waals surface area contributed by atoms with Gasteiger partial charge in [0.15, 0.2) is 0 Å². The molecule has 1 aliphatic carbocycles. The first kappa shape index (κ1) is 17.3. The minimum absolute atomic E-state index is 0.481. The van der Waals surface area contributed by atoms with E-state index in [4.69, 9.17) is 0 Å². The van der Waals surface area contributed by atoms with Crippen molar-refractivity contribution in [3.8, 4) is 0 Å². The van der Waals surface area contributed by atoms with Gasteiger partial charge in [-0.2, -0.15) is 0 Å². The highest BCUT2D eigenvalue weighted by molar-refractivity contribution is 4.89. The molecule has 1 N–H and O–H groups in total. The van der Waals surface area contributed by atoms with Crippen molar-refractivity contribution in [3.05, 3.63) is 0 Å². The number of hydrogen-bond acceptors (Lipinski definition) is 2. The summed E-state index contributed by atoms with van der Waals surface area (Å²) in [5.74, 6) is 2.75. The van der Waals surface area contributed by atoms with Crippen LogP contribution in [0, 0.1) is 23.2 Å². The Morgan fingerprint density at radius 1 is 1.14 bits per heavy atom. The first-order chi connectivity index (χ1) is 9.94. The maximum atomic E-state index is 3.61. The van der Waals surface area contributed by atoms with Crippen LogP contribution in [0.1, 0.15) is 66.2 Å². The molecule has 0 aromatic heterocycles. The molecule has 1 heterocycles. The lowest BCUT2D eigenvalue weighted by Crippen LogP contribution is -2.44. The SMILES string of the molecule is CCCC1CCC(NC)C(CN2CCC(C(C)(C)C)C2)C1. The minimum atomic E-state index is 0.481. The molecular weight excluding hydrogens is 256 g/mol. The lowest BCUT2D eigenvalue weighted by molar-refractivity contribution is 0.144. The topological polar surface area (TPSA) is 15.3 Å². The van der Waals surface area contributed by atoms with Crippen LogP contribution >= 0.6 is 0 Å². The Hall–Kier alpha value is -0.0800. The molecule has 1 aliphatic heterocycles. The summed E-state index contributed by atoms with van der Waals surface area (Å²) in [6.07, 6.45) is 8.49. The first-order valence-corrected chi connectivity index (χ1v) is 9.33. The van der Waals surface area contributed by atoms with Gasteiger partial charge in [-0.3, -0.25) is 0 Å². The molecule has 2 rings (SSSR count). The molecule has 0 spiro atoms. The normalized spacial score (nSPS) is 35.3. The Morgan fingerprint density at radius 2 is 1.90 bits per heavy atom. The van der Waals surface area contributed by atoms with Gasteiger partial charge in [0, 0.05) is 19.1 Å². The first-order valence-electron chi connectivity index (χ1n) is 9.33. The van der Waals surface area contributed by atoms with Crippen LogP contribution in [0.25, 0.3) is 0 Å². The second-order valence-corrected chi connectivity index (χ2v) is 8.73. The van der Waals surface area contributed by atoms with E-state index < -0.39 is 0 Å². The van der Waals surface area contributed by atoms with E-state index in [9.17, 15) is 0 Å². The highest BCUT2D eigenvalue weighted by atomic mass is 15.2. The van der Waals surface area contributed by atoms with Crippen LogP contribution in [0.3, 0.4) is 0 Å². The van der Waals surface area contributed by atoms with Gasteiger partial charge in [0.1, 0.15) is 0 Å². The van der Waals surface area contributed by atoms with Gasteiger partial charge in [-0.1, -0.05) is 40.5 Å². The van der Waals surface area contributed by atoms with E-state index >= 15 is 0 Å². The Kier molecular flexibility index (Phi) is 6.14. The second kappa shape index (κ2) is 7.46. The molecule has 0 amide bonds. The van der Waals surface area contributed by atoms with Crippen molar-refractivity contribution in [3.63, 3.8) is 0 Å². The van der Waals surface area contributed by atoms with Gasteiger partial charge in [-0.05, 0) is 62.4 Å². The molecule has 0 aromatic rings. The molecule has 1 saturated carbocycles. The van der Waals surface area contributed by atoms with Crippen molar-refractivity contribution in [2.75, 3.05) is 26.7 Å². The second-order valence-electron chi connectivity index (χ2n) is 8.73. The molecule has 2 heteroatoms. The molecule has 1 saturated heterocycles. The molecular formula is C19H38N2. The fourth-order valence-electron chi connectivity index (χ4n) is 4.65. The minimum Gasteiger partial charge on any atom is -0.317 e. The van der Waals surface area contributed by atoms with Gasteiger partial charge < -0.3 is 10.2 Å². The van der Waals surface area contributed by atoms with E-state index in [0.29, 0.717) is 5.41 Å². The molecule has 21 heavy (non-hydrogen) atoms. The zero-order chi connectivity index (χ0) is 15.5. The maximum Gasteiger partial charge on any atom is 0.0105 e. The van der Waals surface area contributed by atoms with Gasteiger partial charge in [-0.15, -0.1) is 0 Å². The number of nitrogens with one attached hydrogen (secondary N) is 1. The van der Waals surface area contributed by atoms with E-state index in [0.717, 1.165) is 23.8 Å². The van der Waals surface area contributed by atoms with Crippen molar-refractivity contribution >= 4 is 0 Å². The van der Waals surface area contributed by atoms with E-state index in [2.05, 4.69) is 45.0 Å². The zero-order valence-electron chi connectivity index (χ0n) is 15.1. The van der Waals surface area contributed by atoms with E-state index in [1.165, 1.54) is 58.2 Å². The van der Waals surface area contributed by atoms with Crippen LogP contribution in [0.5, 0.6) is 0 Å². The summed E-state index contributed by atoms with van der Waals surface area (Å²) in [6, 6.07) is 0.756. The molecule has 0 bridgehead atoms. The van der Waals surface area contributed by atoms with Crippen LogP contribution in [-0.2, 0) is 0 Å². The average molecular weight is 295 g/mol. The summed E-state index contributed by atoms with van der Waals surface area (Å²) in [4.78, 5) is 2.76.